The van der Waals surface area contributed by atoms with Gasteiger partial charge >= 0.3 is 5.97 Å². The van der Waals surface area contributed by atoms with Crippen LogP contribution < -0.4 is 4.74 Å². The Balaban J connectivity index is 2.61. The molecule has 19 heavy (non-hydrogen) atoms. The maximum absolute atomic E-state index is 13.2. The average Bonchev–Trinajstić information content (AvgIpc) is 2.79. The molecular formula is C13H13FN2O3. The molecule has 0 saturated carbocycles. The van der Waals surface area contributed by atoms with Crippen LogP contribution in [0.15, 0.2) is 24.3 Å². The molecule has 1 aromatic carbocycles. The second-order valence-corrected chi connectivity index (χ2v) is 3.96. The molecule has 6 heteroatoms. The highest BCUT2D eigenvalue weighted by molar-refractivity contribution is 5.87. The Kier molecular flexibility index (Phi) is 3.50. The summed E-state index contributed by atoms with van der Waals surface area (Å²) < 4.78 is 19.7. The normalized spacial score (nSPS) is 10.5. The molecule has 0 atom stereocenters. The lowest BCUT2D eigenvalue weighted by Crippen LogP contribution is -2.00. The zero-order chi connectivity index (χ0) is 14.0. The summed E-state index contributed by atoms with van der Waals surface area (Å²) in [5.74, 6) is -0.690. The second kappa shape index (κ2) is 5.09. The third-order valence-electron chi connectivity index (χ3n) is 2.86. The van der Waals surface area contributed by atoms with Gasteiger partial charge in [0.2, 0.25) is 0 Å². The van der Waals surface area contributed by atoms with Crippen molar-refractivity contribution in [2.24, 2.45) is 7.05 Å². The molecule has 0 unspecified atom stereocenters. The van der Waals surface area contributed by atoms with E-state index >= 15 is 0 Å². The fourth-order valence-electron chi connectivity index (χ4n) is 1.96. The molecule has 0 aliphatic rings. The zero-order valence-corrected chi connectivity index (χ0v) is 10.6. The lowest BCUT2D eigenvalue weighted by Gasteiger charge is -2.11. The van der Waals surface area contributed by atoms with Crippen LogP contribution in [0.4, 0.5) is 4.39 Å². The number of nitrogens with zero attached hydrogens (tertiary/aromatic N) is 2. The van der Waals surface area contributed by atoms with Crippen LogP contribution in [-0.2, 0) is 13.7 Å². The van der Waals surface area contributed by atoms with Crippen LogP contribution in [0, 0.1) is 0 Å². The van der Waals surface area contributed by atoms with Gasteiger partial charge in [-0.15, -0.1) is 0 Å². The Hall–Kier alpha value is -2.37. The first-order valence-electron chi connectivity index (χ1n) is 5.58. The molecular weight excluding hydrogens is 251 g/mol. The first-order valence-corrected chi connectivity index (χ1v) is 5.58. The van der Waals surface area contributed by atoms with Crippen LogP contribution in [0.1, 0.15) is 16.1 Å². The summed E-state index contributed by atoms with van der Waals surface area (Å²) >= 11 is 0. The van der Waals surface area contributed by atoms with Crippen molar-refractivity contribution < 1.29 is 19.0 Å². The smallest absolute Gasteiger partial charge is 0.356 e. The Morgan fingerprint density at radius 3 is 2.79 bits per heavy atom. The van der Waals surface area contributed by atoms with Gasteiger partial charge in [-0.2, -0.15) is 5.10 Å². The lowest BCUT2D eigenvalue weighted by atomic mass is 10.0. The monoisotopic (exact) mass is 264 g/mol. The summed E-state index contributed by atoms with van der Waals surface area (Å²) in [5, 5.41) is 12.8. The molecule has 0 spiro atoms. The number of halogens is 1. The van der Waals surface area contributed by atoms with Gasteiger partial charge < -0.3 is 9.84 Å². The van der Waals surface area contributed by atoms with Crippen LogP contribution in [0.25, 0.3) is 11.3 Å². The molecule has 100 valence electrons. The number of aryl methyl sites for hydroxylation is 1. The van der Waals surface area contributed by atoms with Crippen LogP contribution in [0.5, 0.6) is 5.75 Å². The Bertz CT molecular complexity index is 622. The second-order valence-electron chi connectivity index (χ2n) is 3.96. The molecule has 1 N–H and O–H groups in total. The number of carboxylic acids is 1. The fourth-order valence-corrected chi connectivity index (χ4v) is 1.96. The van der Waals surface area contributed by atoms with Gasteiger partial charge in [-0.1, -0.05) is 12.1 Å². The highest BCUT2D eigenvalue weighted by atomic mass is 19.1. The molecule has 0 amide bonds. The standard InChI is InChI=1S/C13H13FN2O3/c1-16-11(6-10(15-16)13(17)18)8-4-3-5-12(19-2)9(8)7-14/h3-6H,7H2,1-2H3,(H,17,18). The van der Waals surface area contributed by atoms with Crippen molar-refractivity contribution in [2.75, 3.05) is 7.11 Å². The predicted molar refractivity (Wildman–Crippen MR) is 67.0 cm³/mol. The van der Waals surface area contributed by atoms with Crippen LogP contribution in [0.2, 0.25) is 0 Å². The Labute approximate surface area is 109 Å². The molecule has 1 heterocycles. The largest absolute Gasteiger partial charge is 0.496 e. The number of aromatic nitrogens is 2. The number of benzene rings is 1. The number of carbonyl (C=O) groups is 1. The van der Waals surface area contributed by atoms with Crippen LogP contribution in [-0.4, -0.2) is 28.0 Å². The molecule has 0 aliphatic carbocycles. The minimum Gasteiger partial charge on any atom is -0.496 e. The minimum atomic E-state index is -1.12. The minimum absolute atomic E-state index is 0.0786. The number of methoxy groups -OCH3 is 1. The molecule has 0 saturated heterocycles. The number of ether oxygens (including phenoxy) is 1. The number of hydrogen-bond donors (Lipinski definition) is 1. The van der Waals surface area contributed by atoms with Gasteiger partial charge in [0.05, 0.1) is 12.8 Å². The van der Waals surface area contributed by atoms with Gasteiger partial charge in [-0.3, -0.25) is 4.68 Å². The van der Waals surface area contributed by atoms with Crippen molar-refractivity contribution in [3.05, 3.63) is 35.5 Å². The van der Waals surface area contributed by atoms with Crippen molar-refractivity contribution in [3.8, 4) is 17.0 Å². The summed E-state index contributed by atoms with van der Waals surface area (Å²) in [4.78, 5) is 10.9. The first-order chi connectivity index (χ1) is 9.08. The van der Waals surface area contributed by atoms with E-state index in [9.17, 15) is 9.18 Å². The van der Waals surface area contributed by atoms with Gasteiger partial charge in [-0.25, -0.2) is 9.18 Å². The van der Waals surface area contributed by atoms with E-state index in [4.69, 9.17) is 9.84 Å². The number of alkyl halides is 1. The van der Waals surface area contributed by atoms with E-state index in [1.54, 1.807) is 25.2 Å². The van der Waals surface area contributed by atoms with Crippen molar-refractivity contribution in [3.63, 3.8) is 0 Å². The molecule has 0 fully saturated rings. The number of rotatable bonds is 4. The molecule has 2 rings (SSSR count). The van der Waals surface area contributed by atoms with Crippen molar-refractivity contribution in [2.45, 2.75) is 6.67 Å². The molecule has 1 aromatic heterocycles. The molecule has 2 aromatic rings. The van der Waals surface area contributed by atoms with E-state index in [2.05, 4.69) is 5.10 Å². The van der Waals surface area contributed by atoms with E-state index in [-0.39, 0.29) is 5.69 Å². The summed E-state index contributed by atoms with van der Waals surface area (Å²) in [6.45, 7) is -0.701. The fraction of sp³-hybridized carbons (Fsp3) is 0.231. The highest BCUT2D eigenvalue weighted by Gasteiger charge is 2.17. The summed E-state index contributed by atoms with van der Waals surface area (Å²) in [6, 6.07) is 6.50. The van der Waals surface area contributed by atoms with E-state index in [1.165, 1.54) is 17.9 Å². The van der Waals surface area contributed by atoms with Gasteiger partial charge in [-0.05, 0) is 12.1 Å². The number of hydrogen-bond acceptors (Lipinski definition) is 3. The maximum atomic E-state index is 13.2. The zero-order valence-electron chi connectivity index (χ0n) is 10.6. The topological polar surface area (TPSA) is 64.3 Å². The predicted octanol–water partition coefficient (Wildman–Crippen LogP) is 2.26. The third kappa shape index (κ3) is 2.29. The van der Waals surface area contributed by atoms with E-state index in [0.717, 1.165) is 0 Å². The Morgan fingerprint density at radius 2 is 2.26 bits per heavy atom. The summed E-state index contributed by atoms with van der Waals surface area (Å²) in [5.41, 5.74) is 1.41. The van der Waals surface area contributed by atoms with E-state index in [1.807, 2.05) is 0 Å². The molecule has 0 radical (unpaired) electrons. The third-order valence-corrected chi connectivity index (χ3v) is 2.86. The van der Waals surface area contributed by atoms with Gasteiger partial charge in [0.25, 0.3) is 0 Å². The number of aromatic carboxylic acids is 1. The highest BCUT2D eigenvalue weighted by Crippen LogP contribution is 2.31. The van der Waals surface area contributed by atoms with Gasteiger partial charge in [0.15, 0.2) is 5.69 Å². The summed E-state index contributed by atoms with van der Waals surface area (Å²) in [7, 11) is 3.08. The molecule has 0 aliphatic heterocycles. The van der Waals surface area contributed by atoms with Gasteiger partial charge in [0.1, 0.15) is 12.4 Å². The van der Waals surface area contributed by atoms with E-state index < -0.39 is 12.6 Å². The van der Waals surface area contributed by atoms with Crippen molar-refractivity contribution >= 4 is 5.97 Å². The molecule has 0 bridgehead atoms. The maximum Gasteiger partial charge on any atom is 0.356 e. The first kappa shape index (κ1) is 13.1. The average molecular weight is 264 g/mol. The molecule has 5 nitrogen and oxygen atoms in total. The van der Waals surface area contributed by atoms with Crippen LogP contribution in [0.3, 0.4) is 0 Å². The quantitative estimate of drug-likeness (QED) is 0.920. The number of carboxylic acid groups (broad SMARTS) is 1. The van der Waals surface area contributed by atoms with Crippen molar-refractivity contribution in [1.82, 2.24) is 9.78 Å². The SMILES string of the molecule is COc1cccc(-c2cc(C(=O)O)nn2C)c1CF. The lowest BCUT2D eigenvalue weighted by molar-refractivity contribution is 0.0689. The Morgan fingerprint density at radius 1 is 1.53 bits per heavy atom. The van der Waals surface area contributed by atoms with Gasteiger partial charge in [0, 0.05) is 18.2 Å². The van der Waals surface area contributed by atoms with Crippen molar-refractivity contribution in [1.29, 1.82) is 0 Å². The summed E-state index contributed by atoms with van der Waals surface area (Å²) in [6.07, 6.45) is 0. The van der Waals surface area contributed by atoms with Crippen LogP contribution >= 0.6 is 0 Å². The van der Waals surface area contributed by atoms with E-state index in [0.29, 0.717) is 22.6 Å².